The lowest BCUT2D eigenvalue weighted by Gasteiger charge is -2.04. The summed E-state index contributed by atoms with van der Waals surface area (Å²) in [6.07, 6.45) is 1.65. The smallest absolute Gasteiger partial charge is 0.178 e. The highest BCUT2D eigenvalue weighted by molar-refractivity contribution is 7.71. The maximum Gasteiger partial charge on any atom is 0.178 e. The summed E-state index contributed by atoms with van der Waals surface area (Å²) in [4.78, 5) is 3.17. The molecule has 0 aliphatic heterocycles. The summed E-state index contributed by atoms with van der Waals surface area (Å²) in [5.41, 5.74) is 2.84. The van der Waals surface area contributed by atoms with Crippen molar-refractivity contribution in [2.75, 3.05) is 7.11 Å². The molecule has 0 radical (unpaired) electrons. The van der Waals surface area contributed by atoms with Gasteiger partial charge in [-0.15, -0.1) is 0 Å². The van der Waals surface area contributed by atoms with Gasteiger partial charge in [-0.3, -0.25) is 0 Å². The van der Waals surface area contributed by atoms with Gasteiger partial charge in [-0.2, -0.15) is 10.2 Å². The molecule has 0 aliphatic rings. The topological polar surface area (TPSA) is 55.7 Å². The highest BCUT2D eigenvalue weighted by atomic mass is 32.1. The van der Waals surface area contributed by atoms with Crippen LogP contribution >= 0.6 is 12.2 Å². The van der Waals surface area contributed by atoms with E-state index in [0.29, 0.717) is 11.3 Å². The van der Waals surface area contributed by atoms with Gasteiger partial charge in [0.25, 0.3) is 0 Å². The zero-order valence-electron chi connectivity index (χ0n) is 10.3. The summed E-state index contributed by atoms with van der Waals surface area (Å²) in [5.74, 6) is 0.800. The van der Waals surface area contributed by atoms with E-state index in [1.807, 2.05) is 34.9 Å². The number of ether oxygens (including phenoxy) is 1. The quantitative estimate of drug-likeness (QED) is 0.744. The Bertz CT molecular complexity index is 763. The van der Waals surface area contributed by atoms with Crippen LogP contribution in [0.15, 0.2) is 36.5 Å². The number of fused-ring (bicyclic) bond motifs is 1. The van der Waals surface area contributed by atoms with E-state index in [1.54, 1.807) is 13.3 Å². The van der Waals surface area contributed by atoms with Crippen molar-refractivity contribution >= 4 is 23.3 Å². The molecule has 6 heteroatoms. The van der Waals surface area contributed by atoms with E-state index in [2.05, 4.69) is 15.2 Å². The van der Waals surface area contributed by atoms with Gasteiger partial charge in [0.2, 0.25) is 0 Å². The van der Waals surface area contributed by atoms with Gasteiger partial charge in [-0.1, -0.05) is 0 Å². The van der Waals surface area contributed by atoms with E-state index in [0.717, 1.165) is 22.5 Å². The maximum atomic E-state index is 5.35. The summed E-state index contributed by atoms with van der Waals surface area (Å²) in [6, 6.07) is 9.60. The van der Waals surface area contributed by atoms with Gasteiger partial charge >= 0.3 is 0 Å². The van der Waals surface area contributed by atoms with Gasteiger partial charge in [-0.25, -0.2) is 0 Å². The Morgan fingerprint density at radius 3 is 3.00 bits per heavy atom. The second-order valence-corrected chi connectivity index (χ2v) is 4.50. The van der Waals surface area contributed by atoms with E-state index in [4.69, 9.17) is 17.0 Å². The van der Waals surface area contributed by atoms with Crippen LogP contribution in [0.25, 0.3) is 11.0 Å². The van der Waals surface area contributed by atoms with Crippen LogP contribution in [-0.4, -0.2) is 26.9 Å². The van der Waals surface area contributed by atoms with Gasteiger partial charge in [0, 0.05) is 12.3 Å². The molecule has 96 valence electrons. The van der Waals surface area contributed by atoms with E-state index in [-0.39, 0.29) is 0 Å². The van der Waals surface area contributed by atoms with E-state index >= 15 is 0 Å². The van der Waals surface area contributed by atoms with E-state index in [9.17, 15) is 0 Å². The van der Waals surface area contributed by atoms with Gasteiger partial charge in [-0.05, 0) is 36.5 Å². The van der Waals surface area contributed by atoms with Crippen LogP contribution in [0, 0.1) is 4.77 Å². The number of aromatic amines is 1. The van der Waals surface area contributed by atoms with E-state index in [1.165, 1.54) is 0 Å². The fourth-order valence-electron chi connectivity index (χ4n) is 2.00. The fourth-order valence-corrected chi connectivity index (χ4v) is 2.27. The number of nitrogens with zero attached hydrogens (tertiary/aromatic N) is 3. The number of methoxy groups -OCH3 is 1. The van der Waals surface area contributed by atoms with Crippen molar-refractivity contribution in [2.24, 2.45) is 0 Å². The molecule has 5 nitrogen and oxygen atoms in total. The van der Waals surface area contributed by atoms with Crippen LogP contribution in [0.2, 0.25) is 0 Å². The SMILES string of the molecule is COc1ccc2[nH]c(=S)n(Cc3cccnn3)c2c1. The number of rotatable bonds is 3. The number of imidazole rings is 1. The third-order valence-corrected chi connectivity index (χ3v) is 3.25. The molecule has 2 aromatic heterocycles. The van der Waals surface area contributed by atoms with Crippen molar-refractivity contribution in [3.05, 3.63) is 47.0 Å². The van der Waals surface area contributed by atoms with Crippen LogP contribution in [0.1, 0.15) is 5.69 Å². The lowest BCUT2D eigenvalue weighted by Crippen LogP contribution is -2.02. The van der Waals surface area contributed by atoms with Crippen LogP contribution in [0.3, 0.4) is 0 Å². The maximum absolute atomic E-state index is 5.35. The minimum atomic E-state index is 0.583. The molecule has 0 spiro atoms. The standard InChI is InChI=1S/C13H12N4OS/c1-18-10-4-5-11-12(7-10)17(13(19)15-11)8-9-3-2-6-14-16-9/h2-7H,8H2,1H3,(H,15,19). The second-order valence-electron chi connectivity index (χ2n) is 4.11. The molecule has 0 amide bonds. The highest BCUT2D eigenvalue weighted by Crippen LogP contribution is 2.21. The lowest BCUT2D eigenvalue weighted by atomic mass is 10.3. The van der Waals surface area contributed by atoms with Gasteiger partial charge in [0.15, 0.2) is 4.77 Å². The lowest BCUT2D eigenvalue weighted by molar-refractivity contribution is 0.415. The molecule has 3 rings (SSSR count). The van der Waals surface area contributed by atoms with Crippen LogP contribution in [0.4, 0.5) is 0 Å². The molecule has 19 heavy (non-hydrogen) atoms. The number of H-pyrrole nitrogens is 1. The summed E-state index contributed by atoms with van der Waals surface area (Å²) in [7, 11) is 1.65. The number of aromatic nitrogens is 4. The van der Waals surface area contributed by atoms with Crippen molar-refractivity contribution in [3.8, 4) is 5.75 Å². The molecule has 0 atom stereocenters. The molecule has 2 heterocycles. The molecule has 0 aliphatic carbocycles. The monoisotopic (exact) mass is 272 g/mol. The predicted molar refractivity (Wildman–Crippen MR) is 74.8 cm³/mol. The Morgan fingerprint density at radius 1 is 1.37 bits per heavy atom. The molecule has 1 N–H and O–H groups in total. The van der Waals surface area contributed by atoms with Crippen molar-refractivity contribution in [1.29, 1.82) is 0 Å². The van der Waals surface area contributed by atoms with Crippen molar-refractivity contribution < 1.29 is 4.74 Å². The van der Waals surface area contributed by atoms with Crippen molar-refractivity contribution in [2.45, 2.75) is 6.54 Å². The average Bonchev–Trinajstić information content (AvgIpc) is 2.76. The summed E-state index contributed by atoms with van der Waals surface area (Å²) in [6.45, 7) is 0.583. The second kappa shape index (κ2) is 4.81. The number of hydrogen-bond donors (Lipinski definition) is 1. The third kappa shape index (κ3) is 2.22. The Hall–Kier alpha value is -2.21. The first-order valence-corrected chi connectivity index (χ1v) is 6.22. The molecule has 0 bridgehead atoms. The highest BCUT2D eigenvalue weighted by Gasteiger charge is 2.07. The molecule has 1 aromatic carbocycles. The number of nitrogens with one attached hydrogen (secondary N) is 1. The minimum absolute atomic E-state index is 0.583. The van der Waals surface area contributed by atoms with Crippen LogP contribution in [0.5, 0.6) is 5.75 Å². The molecule has 0 saturated heterocycles. The van der Waals surface area contributed by atoms with Gasteiger partial charge in [0.1, 0.15) is 5.75 Å². The Kier molecular flexibility index (Phi) is 3.00. The van der Waals surface area contributed by atoms with Crippen LogP contribution in [-0.2, 0) is 6.54 Å². The van der Waals surface area contributed by atoms with Crippen molar-refractivity contribution in [3.63, 3.8) is 0 Å². The normalized spacial score (nSPS) is 10.8. The summed E-state index contributed by atoms with van der Waals surface area (Å²) >= 11 is 5.35. The zero-order chi connectivity index (χ0) is 13.2. The Balaban J connectivity index is 2.12. The first-order valence-electron chi connectivity index (χ1n) is 5.81. The largest absolute Gasteiger partial charge is 0.497 e. The van der Waals surface area contributed by atoms with Crippen molar-refractivity contribution in [1.82, 2.24) is 19.7 Å². The first kappa shape index (κ1) is 11.9. The van der Waals surface area contributed by atoms with E-state index < -0.39 is 0 Å². The number of hydrogen-bond acceptors (Lipinski definition) is 4. The third-order valence-electron chi connectivity index (χ3n) is 2.93. The van der Waals surface area contributed by atoms with Gasteiger partial charge < -0.3 is 14.3 Å². The summed E-state index contributed by atoms with van der Waals surface area (Å²) < 4.78 is 7.89. The summed E-state index contributed by atoms with van der Waals surface area (Å²) in [5, 5.41) is 7.96. The fraction of sp³-hybridized carbons (Fsp3) is 0.154. The molecule has 3 aromatic rings. The van der Waals surface area contributed by atoms with Gasteiger partial charge in [0.05, 0.1) is 30.4 Å². The van der Waals surface area contributed by atoms with Crippen LogP contribution < -0.4 is 4.74 Å². The molecule has 0 fully saturated rings. The Morgan fingerprint density at radius 2 is 2.26 bits per heavy atom. The number of benzene rings is 1. The predicted octanol–water partition coefficient (Wildman–Crippen LogP) is 2.55. The molecular formula is C13H12N4OS. The average molecular weight is 272 g/mol. The minimum Gasteiger partial charge on any atom is -0.497 e. The first-order chi connectivity index (χ1) is 9.28. The molecule has 0 saturated carbocycles. The zero-order valence-corrected chi connectivity index (χ0v) is 11.1. The molecular weight excluding hydrogens is 260 g/mol. The molecule has 0 unspecified atom stereocenters. The Labute approximate surface area is 114 Å².